The zero-order chi connectivity index (χ0) is 19.8. The van der Waals surface area contributed by atoms with E-state index in [0.717, 1.165) is 12.0 Å². The number of hydrogen-bond donors (Lipinski definition) is 1. The molecule has 1 atom stereocenters. The Morgan fingerprint density at radius 3 is 2.30 bits per heavy atom. The van der Waals surface area contributed by atoms with E-state index in [2.05, 4.69) is 5.32 Å². The molecule has 7 heteroatoms. The predicted molar refractivity (Wildman–Crippen MR) is 104 cm³/mol. The van der Waals surface area contributed by atoms with Crippen LogP contribution >= 0.6 is 0 Å². The number of nitrogens with one attached hydrogen (secondary N) is 1. The number of carbonyl (C=O) groups excluding carboxylic acids is 2. The van der Waals surface area contributed by atoms with Crippen molar-refractivity contribution in [2.45, 2.75) is 64.6 Å². The molecule has 2 aliphatic rings. The summed E-state index contributed by atoms with van der Waals surface area (Å²) in [6.07, 6.45) is 0.878. The van der Waals surface area contributed by atoms with Gasteiger partial charge in [-0.15, -0.1) is 0 Å². The number of benzene rings is 1. The van der Waals surface area contributed by atoms with Crippen molar-refractivity contribution in [3.8, 4) is 0 Å². The van der Waals surface area contributed by atoms with Crippen LogP contribution in [0.2, 0.25) is 5.82 Å². The van der Waals surface area contributed by atoms with E-state index >= 15 is 0 Å². The fourth-order valence-electron chi connectivity index (χ4n) is 3.45. The highest BCUT2D eigenvalue weighted by Crippen LogP contribution is 2.42. The van der Waals surface area contributed by atoms with E-state index in [-0.39, 0.29) is 36.0 Å². The normalized spacial score (nSPS) is 23.5. The first-order chi connectivity index (χ1) is 12.6. The smallest absolute Gasteiger partial charge is 0.403 e. The molecule has 0 bridgehead atoms. The first-order valence-electron chi connectivity index (χ1n) is 9.57. The Balaban J connectivity index is 1.59. The van der Waals surface area contributed by atoms with Gasteiger partial charge in [-0.05, 0) is 51.8 Å². The molecule has 1 unspecified atom stereocenters. The molecular formula is C20H29BN2O4. The largest absolute Gasteiger partial charge is 0.463 e. The maximum absolute atomic E-state index is 12.8. The third-order valence-corrected chi connectivity index (χ3v) is 5.91. The van der Waals surface area contributed by atoms with Gasteiger partial charge in [0.2, 0.25) is 5.91 Å². The van der Waals surface area contributed by atoms with Gasteiger partial charge in [0.25, 0.3) is 5.91 Å². The second-order valence-corrected chi connectivity index (χ2v) is 8.53. The van der Waals surface area contributed by atoms with Crippen molar-refractivity contribution in [2.24, 2.45) is 0 Å². The summed E-state index contributed by atoms with van der Waals surface area (Å²) in [7, 11) is -0.271. The molecule has 146 valence electrons. The van der Waals surface area contributed by atoms with Crippen LogP contribution in [0.5, 0.6) is 0 Å². The minimum absolute atomic E-state index is 0.0279. The van der Waals surface area contributed by atoms with Gasteiger partial charge in [0.05, 0.1) is 11.2 Å². The average molecular weight is 372 g/mol. The lowest BCUT2D eigenvalue weighted by Gasteiger charge is -2.32. The monoisotopic (exact) mass is 372 g/mol. The second-order valence-electron chi connectivity index (χ2n) is 8.53. The van der Waals surface area contributed by atoms with Crippen LogP contribution in [-0.4, -0.2) is 48.1 Å². The summed E-state index contributed by atoms with van der Waals surface area (Å²) in [5, 5.41) is 2.75. The van der Waals surface area contributed by atoms with Crippen LogP contribution < -0.4 is 5.32 Å². The van der Waals surface area contributed by atoms with Gasteiger partial charge in [0.15, 0.2) is 0 Å². The Hall–Kier alpha value is -1.86. The molecule has 2 heterocycles. The number of hydrogen-bond acceptors (Lipinski definition) is 4. The molecule has 6 nitrogen and oxygen atoms in total. The topological polar surface area (TPSA) is 67.9 Å². The maximum Gasteiger partial charge on any atom is 0.463 e. The molecule has 1 aromatic rings. The predicted octanol–water partition coefficient (Wildman–Crippen LogP) is 2.63. The summed E-state index contributed by atoms with van der Waals surface area (Å²) in [4.78, 5) is 25.7. The first kappa shape index (κ1) is 19.9. The summed E-state index contributed by atoms with van der Waals surface area (Å²) in [5.74, 6) is 0.148. The summed E-state index contributed by atoms with van der Waals surface area (Å²) in [6, 6.07) is 7.40. The lowest BCUT2D eigenvalue weighted by Crippen LogP contribution is -2.41. The summed E-state index contributed by atoms with van der Waals surface area (Å²) in [5.41, 5.74) is 0.937. The van der Waals surface area contributed by atoms with Crippen molar-refractivity contribution in [1.29, 1.82) is 0 Å². The molecule has 27 heavy (non-hydrogen) atoms. The number of rotatable bonds is 4. The van der Waals surface area contributed by atoms with Crippen molar-refractivity contribution in [2.75, 3.05) is 13.1 Å². The Labute approximate surface area is 161 Å². The molecule has 0 saturated carbocycles. The highest BCUT2D eigenvalue weighted by Gasteiger charge is 2.54. The number of nitrogens with zero attached hydrogens (tertiary/aromatic N) is 1. The molecule has 0 aromatic heterocycles. The van der Waals surface area contributed by atoms with Crippen LogP contribution in [0.3, 0.4) is 0 Å². The molecule has 2 aliphatic heterocycles. The van der Waals surface area contributed by atoms with Crippen LogP contribution in [0.1, 0.15) is 57.0 Å². The molecule has 3 rings (SSSR count). The van der Waals surface area contributed by atoms with Crippen LogP contribution in [-0.2, 0) is 20.6 Å². The highest BCUT2D eigenvalue weighted by molar-refractivity contribution is 6.47. The van der Waals surface area contributed by atoms with Gasteiger partial charge in [-0.1, -0.05) is 12.1 Å². The molecule has 0 radical (unpaired) electrons. The van der Waals surface area contributed by atoms with Crippen molar-refractivity contribution in [3.05, 3.63) is 35.4 Å². The maximum atomic E-state index is 12.8. The zero-order valence-corrected chi connectivity index (χ0v) is 16.9. The molecule has 2 amide bonds. The van der Waals surface area contributed by atoms with Crippen molar-refractivity contribution in [3.63, 3.8) is 0 Å². The fourth-order valence-corrected chi connectivity index (χ4v) is 3.45. The minimum Gasteiger partial charge on any atom is -0.403 e. The van der Waals surface area contributed by atoms with Gasteiger partial charge in [-0.25, -0.2) is 0 Å². The van der Waals surface area contributed by atoms with Gasteiger partial charge >= 0.3 is 7.12 Å². The Bertz CT molecular complexity index is 701. The number of amides is 2. The molecule has 1 N–H and O–H groups in total. The molecule has 0 aliphatic carbocycles. The number of likely N-dealkylation sites (tertiary alicyclic amines) is 1. The summed E-state index contributed by atoms with van der Waals surface area (Å²) >= 11 is 0. The van der Waals surface area contributed by atoms with Gasteiger partial charge in [-0.2, -0.15) is 0 Å². The van der Waals surface area contributed by atoms with Crippen LogP contribution in [0.4, 0.5) is 0 Å². The van der Waals surface area contributed by atoms with Crippen LogP contribution in [0.15, 0.2) is 24.3 Å². The van der Waals surface area contributed by atoms with Crippen molar-refractivity contribution in [1.82, 2.24) is 10.2 Å². The van der Waals surface area contributed by atoms with E-state index in [0.29, 0.717) is 25.2 Å². The van der Waals surface area contributed by atoms with Crippen LogP contribution in [0.25, 0.3) is 0 Å². The fraction of sp³-hybridized carbons (Fsp3) is 0.600. The van der Waals surface area contributed by atoms with Crippen molar-refractivity contribution < 1.29 is 18.9 Å². The van der Waals surface area contributed by atoms with Gasteiger partial charge in [0.1, 0.15) is 0 Å². The standard InChI is InChI=1S/C20H29BN2O4/c1-14(24)22-12-15-6-8-16(9-7-15)18(25)23-11-10-17(13-23)21-26-19(2,3)20(4,5)27-21/h6-9,17H,10-13H2,1-5H3,(H,22,24). The van der Waals surface area contributed by atoms with E-state index in [1.807, 2.05) is 56.9 Å². The van der Waals surface area contributed by atoms with Gasteiger partial charge in [-0.3, -0.25) is 9.59 Å². The Morgan fingerprint density at radius 1 is 1.15 bits per heavy atom. The highest BCUT2D eigenvalue weighted by atomic mass is 16.7. The lowest BCUT2D eigenvalue weighted by atomic mass is 9.71. The van der Waals surface area contributed by atoms with Crippen molar-refractivity contribution >= 4 is 18.9 Å². The summed E-state index contributed by atoms with van der Waals surface area (Å²) in [6.45, 7) is 11.5. The molecule has 2 saturated heterocycles. The summed E-state index contributed by atoms with van der Waals surface area (Å²) < 4.78 is 12.3. The van der Waals surface area contributed by atoms with E-state index in [1.165, 1.54) is 6.92 Å². The third-order valence-electron chi connectivity index (χ3n) is 5.91. The van der Waals surface area contributed by atoms with E-state index in [4.69, 9.17) is 9.31 Å². The van der Waals surface area contributed by atoms with Gasteiger partial charge in [0, 0.05) is 37.9 Å². The average Bonchev–Trinajstić information content (AvgIpc) is 3.16. The second kappa shape index (κ2) is 7.28. The van der Waals surface area contributed by atoms with E-state index in [9.17, 15) is 9.59 Å². The SMILES string of the molecule is CC(=O)NCc1ccc(C(=O)N2CCC(B3OC(C)(C)C(C)(C)O3)C2)cc1. The van der Waals surface area contributed by atoms with E-state index < -0.39 is 0 Å². The van der Waals surface area contributed by atoms with E-state index in [1.54, 1.807) is 0 Å². The molecular weight excluding hydrogens is 343 g/mol. The Kier molecular flexibility index (Phi) is 5.37. The number of carbonyl (C=O) groups is 2. The quantitative estimate of drug-likeness (QED) is 0.826. The zero-order valence-electron chi connectivity index (χ0n) is 16.9. The molecule has 0 spiro atoms. The van der Waals surface area contributed by atoms with Gasteiger partial charge < -0.3 is 19.5 Å². The Morgan fingerprint density at radius 2 is 1.74 bits per heavy atom. The van der Waals surface area contributed by atoms with Crippen LogP contribution in [0, 0.1) is 0 Å². The third kappa shape index (κ3) is 4.19. The molecule has 1 aromatic carbocycles. The lowest BCUT2D eigenvalue weighted by molar-refractivity contribution is -0.119. The first-order valence-corrected chi connectivity index (χ1v) is 9.57. The molecule has 2 fully saturated rings. The minimum atomic E-state index is -0.348.